The van der Waals surface area contributed by atoms with Gasteiger partial charge in [-0.25, -0.2) is 4.39 Å². The number of benzene rings is 1. The molecule has 0 saturated carbocycles. The second-order valence-electron chi connectivity index (χ2n) is 4.64. The normalized spacial score (nSPS) is 13.4. The monoisotopic (exact) mass is 331 g/mol. The van der Waals surface area contributed by atoms with Crippen LogP contribution in [0.1, 0.15) is 25.8 Å². The Kier molecular flexibility index (Phi) is 5.60. The molecular weight excluding hydrogens is 313 g/mol. The summed E-state index contributed by atoms with van der Waals surface area (Å²) in [5, 5.41) is 11.5. The highest BCUT2D eigenvalue weighted by molar-refractivity contribution is 9.10. The Morgan fingerprint density at radius 2 is 2.21 bits per heavy atom. The number of oxime groups is 1. The van der Waals surface area contributed by atoms with Gasteiger partial charge in [-0.15, -0.1) is 0 Å². The second kappa shape index (κ2) is 6.75. The van der Waals surface area contributed by atoms with Crippen LogP contribution >= 0.6 is 15.9 Å². The van der Waals surface area contributed by atoms with Gasteiger partial charge >= 0.3 is 0 Å². The minimum Gasteiger partial charge on any atom is -0.409 e. The summed E-state index contributed by atoms with van der Waals surface area (Å²) in [6.45, 7) is 4.99. The number of anilines is 1. The smallest absolute Gasteiger partial charge is 0.171 e. The molecule has 0 aliphatic heterocycles. The van der Waals surface area contributed by atoms with Crippen molar-refractivity contribution < 1.29 is 9.60 Å². The predicted octanol–water partition coefficient (Wildman–Crippen LogP) is 3.17. The van der Waals surface area contributed by atoms with Crippen molar-refractivity contribution in [1.29, 1.82) is 0 Å². The van der Waals surface area contributed by atoms with Gasteiger partial charge in [-0.1, -0.05) is 25.4 Å². The Morgan fingerprint density at radius 3 is 2.74 bits per heavy atom. The first-order valence-electron chi connectivity index (χ1n) is 6.09. The van der Waals surface area contributed by atoms with E-state index >= 15 is 0 Å². The first-order chi connectivity index (χ1) is 8.92. The van der Waals surface area contributed by atoms with E-state index in [-0.39, 0.29) is 10.3 Å². The van der Waals surface area contributed by atoms with Crippen LogP contribution in [0, 0.1) is 11.7 Å². The zero-order chi connectivity index (χ0) is 14.6. The topological polar surface area (TPSA) is 61.8 Å². The molecule has 1 rings (SSSR count). The van der Waals surface area contributed by atoms with Gasteiger partial charge in [0, 0.05) is 19.2 Å². The van der Waals surface area contributed by atoms with Gasteiger partial charge in [0.1, 0.15) is 0 Å². The number of rotatable bonds is 5. The van der Waals surface area contributed by atoms with E-state index in [0.717, 1.165) is 13.0 Å². The lowest BCUT2D eigenvalue weighted by Gasteiger charge is -2.24. The fourth-order valence-electron chi connectivity index (χ4n) is 1.78. The number of amidine groups is 1. The van der Waals surface area contributed by atoms with Crippen molar-refractivity contribution >= 4 is 27.5 Å². The molecule has 0 fully saturated rings. The highest BCUT2D eigenvalue weighted by Gasteiger charge is 2.17. The number of hydrogen-bond acceptors (Lipinski definition) is 3. The molecule has 1 aromatic carbocycles. The molecule has 6 heteroatoms. The number of hydrogen-bond donors (Lipinski definition) is 2. The fourth-order valence-corrected chi connectivity index (χ4v) is 2.32. The quantitative estimate of drug-likeness (QED) is 0.377. The van der Waals surface area contributed by atoms with Crippen molar-refractivity contribution in [1.82, 2.24) is 0 Å². The standard InChI is InChI=1S/C13H19BrFN3O/c1-4-8(2)7-18(3)10-6-5-9(13(16)17-19)11(14)12(10)15/h5-6,8,19H,4,7H2,1-3H3,(H2,16,17). The van der Waals surface area contributed by atoms with Crippen molar-refractivity contribution in [2.24, 2.45) is 16.8 Å². The number of halogens is 2. The molecular formula is C13H19BrFN3O. The Hall–Kier alpha value is -1.30. The Bertz CT molecular complexity index is 479. The van der Waals surface area contributed by atoms with Gasteiger partial charge in [0.25, 0.3) is 0 Å². The number of nitrogens with zero attached hydrogens (tertiary/aromatic N) is 2. The van der Waals surface area contributed by atoms with E-state index in [4.69, 9.17) is 10.9 Å². The zero-order valence-electron chi connectivity index (χ0n) is 11.3. The molecule has 1 atom stereocenters. The van der Waals surface area contributed by atoms with Crippen LogP contribution in [0.5, 0.6) is 0 Å². The summed E-state index contributed by atoms with van der Waals surface area (Å²) in [5.74, 6) is -0.0521. The molecule has 1 unspecified atom stereocenters. The highest BCUT2D eigenvalue weighted by atomic mass is 79.9. The molecule has 0 radical (unpaired) electrons. The van der Waals surface area contributed by atoms with Crippen LogP contribution in [0.3, 0.4) is 0 Å². The average molecular weight is 332 g/mol. The Morgan fingerprint density at radius 1 is 1.58 bits per heavy atom. The van der Waals surface area contributed by atoms with Crippen LogP contribution < -0.4 is 10.6 Å². The summed E-state index contributed by atoms with van der Waals surface area (Å²) in [5.41, 5.74) is 6.30. The van der Waals surface area contributed by atoms with Gasteiger partial charge in [0.2, 0.25) is 0 Å². The molecule has 0 heterocycles. The van der Waals surface area contributed by atoms with Crippen molar-refractivity contribution in [3.8, 4) is 0 Å². The molecule has 19 heavy (non-hydrogen) atoms. The predicted molar refractivity (Wildman–Crippen MR) is 79.3 cm³/mol. The minimum absolute atomic E-state index is 0.123. The van der Waals surface area contributed by atoms with Gasteiger partial charge < -0.3 is 15.8 Å². The van der Waals surface area contributed by atoms with E-state index in [1.54, 1.807) is 12.1 Å². The molecule has 0 spiro atoms. The molecule has 0 aliphatic rings. The summed E-state index contributed by atoms with van der Waals surface area (Å²) < 4.78 is 14.5. The SMILES string of the molecule is CCC(C)CN(C)c1ccc(/C(N)=N/O)c(Br)c1F. The lowest BCUT2D eigenvalue weighted by molar-refractivity contribution is 0.318. The van der Waals surface area contributed by atoms with Crippen LogP contribution in [0.25, 0.3) is 0 Å². The van der Waals surface area contributed by atoms with Crippen LogP contribution in [0.4, 0.5) is 10.1 Å². The van der Waals surface area contributed by atoms with Crippen LogP contribution in [0.15, 0.2) is 21.8 Å². The first-order valence-corrected chi connectivity index (χ1v) is 6.88. The summed E-state index contributed by atoms with van der Waals surface area (Å²) in [6.07, 6.45) is 1.04. The van der Waals surface area contributed by atoms with Gasteiger partial charge in [-0.3, -0.25) is 0 Å². The Balaban J connectivity index is 3.09. The van der Waals surface area contributed by atoms with Crippen LogP contribution in [0.2, 0.25) is 0 Å². The highest BCUT2D eigenvalue weighted by Crippen LogP contribution is 2.29. The molecule has 0 amide bonds. The first kappa shape index (κ1) is 15.8. The fraction of sp³-hybridized carbons (Fsp3) is 0.462. The van der Waals surface area contributed by atoms with E-state index in [1.165, 1.54) is 0 Å². The lowest BCUT2D eigenvalue weighted by atomic mass is 10.1. The second-order valence-corrected chi connectivity index (χ2v) is 5.43. The van der Waals surface area contributed by atoms with Gasteiger partial charge in [-0.2, -0.15) is 0 Å². The molecule has 1 aromatic rings. The zero-order valence-corrected chi connectivity index (χ0v) is 12.9. The third-order valence-corrected chi connectivity index (χ3v) is 3.91. The Labute approximate surface area is 121 Å². The summed E-state index contributed by atoms with van der Waals surface area (Å²) in [6, 6.07) is 3.26. The van der Waals surface area contributed by atoms with Crippen molar-refractivity contribution in [3.63, 3.8) is 0 Å². The molecule has 0 aromatic heterocycles. The molecule has 0 bridgehead atoms. The molecule has 0 saturated heterocycles. The largest absolute Gasteiger partial charge is 0.409 e. The van der Waals surface area contributed by atoms with Crippen molar-refractivity contribution in [2.75, 3.05) is 18.5 Å². The van der Waals surface area contributed by atoms with E-state index in [0.29, 0.717) is 17.2 Å². The maximum Gasteiger partial charge on any atom is 0.171 e. The molecule has 4 nitrogen and oxygen atoms in total. The molecule has 3 N–H and O–H groups in total. The summed E-state index contributed by atoms with van der Waals surface area (Å²) in [7, 11) is 1.85. The van der Waals surface area contributed by atoms with E-state index in [2.05, 4.69) is 34.9 Å². The third kappa shape index (κ3) is 3.59. The van der Waals surface area contributed by atoms with Gasteiger partial charge in [-0.05, 0) is 34.0 Å². The van der Waals surface area contributed by atoms with E-state index in [9.17, 15) is 4.39 Å². The summed E-state index contributed by atoms with van der Waals surface area (Å²) >= 11 is 3.15. The number of nitrogens with two attached hydrogens (primary N) is 1. The third-order valence-electron chi connectivity index (χ3n) is 3.14. The maximum absolute atomic E-state index is 14.3. The van der Waals surface area contributed by atoms with Gasteiger partial charge in [0.15, 0.2) is 11.7 Å². The summed E-state index contributed by atoms with van der Waals surface area (Å²) in [4.78, 5) is 1.87. The minimum atomic E-state index is -0.407. The lowest BCUT2D eigenvalue weighted by Crippen LogP contribution is -2.25. The van der Waals surface area contributed by atoms with Crippen molar-refractivity contribution in [3.05, 3.63) is 28.0 Å². The van der Waals surface area contributed by atoms with Crippen LogP contribution in [-0.4, -0.2) is 24.6 Å². The molecule has 0 aliphatic carbocycles. The van der Waals surface area contributed by atoms with E-state index in [1.807, 2.05) is 11.9 Å². The van der Waals surface area contributed by atoms with E-state index < -0.39 is 5.82 Å². The molecule has 106 valence electrons. The average Bonchev–Trinajstić information content (AvgIpc) is 2.40. The van der Waals surface area contributed by atoms with Crippen LogP contribution in [-0.2, 0) is 0 Å². The maximum atomic E-state index is 14.3. The van der Waals surface area contributed by atoms with Gasteiger partial charge in [0.05, 0.1) is 10.2 Å². The van der Waals surface area contributed by atoms with Crippen molar-refractivity contribution in [2.45, 2.75) is 20.3 Å².